The second-order valence-electron chi connectivity index (χ2n) is 5.79. The van der Waals surface area contributed by atoms with Crippen molar-refractivity contribution in [1.29, 1.82) is 0 Å². The molecule has 1 amide bonds. The van der Waals surface area contributed by atoms with E-state index in [2.05, 4.69) is 15.6 Å². The Morgan fingerprint density at radius 2 is 2.14 bits per heavy atom. The highest BCUT2D eigenvalue weighted by Gasteiger charge is 2.34. The van der Waals surface area contributed by atoms with Gasteiger partial charge in [0.15, 0.2) is 0 Å². The van der Waals surface area contributed by atoms with Crippen molar-refractivity contribution in [3.8, 4) is 0 Å². The molecule has 21 heavy (non-hydrogen) atoms. The number of hydrogen-bond acceptors (Lipinski definition) is 3. The van der Waals surface area contributed by atoms with Crippen LogP contribution in [0.4, 0.5) is 5.69 Å². The predicted octanol–water partition coefficient (Wildman–Crippen LogP) is 3.22. The molecule has 2 heterocycles. The van der Waals surface area contributed by atoms with E-state index in [1.165, 1.54) is 0 Å². The lowest BCUT2D eigenvalue weighted by atomic mass is 9.80. The van der Waals surface area contributed by atoms with Gasteiger partial charge in [-0.05, 0) is 44.1 Å². The molecule has 0 radical (unpaired) electrons. The Balaban J connectivity index is 1.92. The molecular weight excluding hydrogens is 286 g/mol. The van der Waals surface area contributed by atoms with E-state index in [0.29, 0.717) is 10.7 Å². The van der Waals surface area contributed by atoms with Gasteiger partial charge in [0, 0.05) is 22.0 Å². The van der Waals surface area contributed by atoms with Crippen molar-refractivity contribution in [1.82, 2.24) is 10.3 Å². The summed E-state index contributed by atoms with van der Waals surface area (Å²) in [5.41, 5.74) is 1.12. The van der Waals surface area contributed by atoms with Gasteiger partial charge in [-0.1, -0.05) is 24.6 Å². The van der Waals surface area contributed by atoms with Gasteiger partial charge < -0.3 is 10.6 Å². The second kappa shape index (κ2) is 5.62. The summed E-state index contributed by atoms with van der Waals surface area (Å²) in [6.45, 7) is 3.76. The summed E-state index contributed by atoms with van der Waals surface area (Å²) in [6.07, 6.45) is 3.40. The Morgan fingerprint density at radius 3 is 2.90 bits per heavy atom. The Hall–Kier alpha value is -1.65. The third kappa shape index (κ3) is 2.87. The van der Waals surface area contributed by atoms with E-state index in [-0.39, 0.29) is 11.3 Å². The van der Waals surface area contributed by atoms with E-state index in [1.54, 1.807) is 12.3 Å². The number of carbonyl (C=O) groups excluding carboxylic acids is 1. The Morgan fingerprint density at radius 1 is 1.38 bits per heavy atom. The van der Waals surface area contributed by atoms with Gasteiger partial charge in [0.2, 0.25) is 5.91 Å². The normalized spacial score (nSPS) is 17.6. The molecule has 4 nitrogen and oxygen atoms in total. The van der Waals surface area contributed by atoms with Crippen LogP contribution in [0.1, 0.15) is 19.8 Å². The fourth-order valence-corrected chi connectivity index (χ4v) is 2.96. The van der Waals surface area contributed by atoms with E-state index in [4.69, 9.17) is 11.6 Å². The van der Waals surface area contributed by atoms with Crippen molar-refractivity contribution in [2.75, 3.05) is 18.4 Å². The van der Waals surface area contributed by atoms with E-state index in [1.807, 2.05) is 25.1 Å². The molecule has 0 saturated carbocycles. The lowest BCUT2D eigenvalue weighted by Gasteiger charge is -2.32. The topological polar surface area (TPSA) is 54.0 Å². The van der Waals surface area contributed by atoms with Crippen molar-refractivity contribution < 1.29 is 4.79 Å². The van der Waals surface area contributed by atoms with E-state index in [9.17, 15) is 4.79 Å². The molecule has 1 saturated heterocycles. The molecule has 2 aromatic rings. The summed E-state index contributed by atoms with van der Waals surface area (Å²) in [7, 11) is 0. The molecule has 1 fully saturated rings. The largest absolute Gasteiger partial charge is 0.324 e. The highest BCUT2D eigenvalue weighted by atomic mass is 35.5. The number of amides is 1. The van der Waals surface area contributed by atoms with Gasteiger partial charge in [-0.2, -0.15) is 0 Å². The zero-order valence-corrected chi connectivity index (χ0v) is 12.7. The Bertz CT molecular complexity index is 680. The smallest absolute Gasteiger partial charge is 0.230 e. The van der Waals surface area contributed by atoms with Crippen LogP contribution in [0.25, 0.3) is 10.9 Å². The number of anilines is 1. The van der Waals surface area contributed by atoms with E-state index in [0.717, 1.165) is 36.8 Å². The van der Waals surface area contributed by atoms with Crippen LogP contribution in [-0.4, -0.2) is 24.0 Å². The number of carbonyl (C=O) groups is 1. The molecule has 1 aliphatic heterocycles. The quantitative estimate of drug-likeness (QED) is 0.895. The number of aromatic nitrogens is 1. The van der Waals surface area contributed by atoms with Gasteiger partial charge in [0.1, 0.15) is 0 Å². The fraction of sp³-hybridized carbons (Fsp3) is 0.375. The van der Waals surface area contributed by atoms with Crippen LogP contribution in [0.15, 0.2) is 30.5 Å². The lowest BCUT2D eigenvalue weighted by Crippen LogP contribution is -2.42. The van der Waals surface area contributed by atoms with Crippen molar-refractivity contribution in [3.63, 3.8) is 0 Å². The molecule has 0 atom stereocenters. The van der Waals surface area contributed by atoms with Crippen LogP contribution in [0.5, 0.6) is 0 Å². The SMILES string of the molecule is CC1(C(=O)Nc2cc(Cl)cc3cccnc23)CCNCC1. The van der Waals surface area contributed by atoms with Gasteiger partial charge in [0.25, 0.3) is 0 Å². The van der Waals surface area contributed by atoms with Crippen LogP contribution < -0.4 is 10.6 Å². The van der Waals surface area contributed by atoms with Crippen LogP contribution in [0, 0.1) is 5.41 Å². The average molecular weight is 304 g/mol. The van der Waals surface area contributed by atoms with Crippen molar-refractivity contribution in [2.24, 2.45) is 5.41 Å². The summed E-state index contributed by atoms with van der Waals surface area (Å²) in [6, 6.07) is 7.42. The first-order valence-corrected chi connectivity index (χ1v) is 7.53. The second-order valence-corrected chi connectivity index (χ2v) is 6.23. The standard InChI is InChI=1S/C16H18ClN3O/c1-16(4-7-18-8-5-16)15(21)20-13-10-12(17)9-11-3-2-6-19-14(11)13/h2-3,6,9-10,18H,4-5,7-8H2,1H3,(H,20,21). The minimum atomic E-state index is -0.339. The van der Waals surface area contributed by atoms with Gasteiger partial charge in [-0.3, -0.25) is 9.78 Å². The summed E-state index contributed by atoms with van der Waals surface area (Å²) in [5.74, 6) is 0.0400. The van der Waals surface area contributed by atoms with Gasteiger partial charge in [0.05, 0.1) is 11.2 Å². The molecule has 1 aliphatic rings. The molecular formula is C16H18ClN3O. The summed E-state index contributed by atoms with van der Waals surface area (Å²) >= 11 is 6.14. The highest BCUT2D eigenvalue weighted by Crippen LogP contribution is 2.32. The van der Waals surface area contributed by atoms with Gasteiger partial charge >= 0.3 is 0 Å². The third-order valence-electron chi connectivity index (χ3n) is 4.17. The van der Waals surface area contributed by atoms with Gasteiger partial charge in [-0.25, -0.2) is 0 Å². The number of nitrogens with one attached hydrogen (secondary N) is 2. The van der Waals surface area contributed by atoms with Crippen LogP contribution in [-0.2, 0) is 4.79 Å². The van der Waals surface area contributed by atoms with E-state index < -0.39 is 0 Å². The zero-order chi connectivity index (χ0) is 14.9. The first-order valence-electron chi connectivity index (χ1n) is 7.15. The molecule has 0 bridgehead atoms. The fourth-order valence-electron chi connectivity index (χ4n) is 2.73. The van der Waals surface area contributed by atoms with Crippen LogP contribution in [0.2, 0.25) is 5.02 Å². The maximum absolute atomic E-state index is 12.6. The summed E-state index contributed by atoms with van der Waals surface area (Å²) in [4.78, 5) is 17.0. The first-order chi connectivity index (χ1) is 10.1. The summed E-state index contributed by atoms with van der Waals surface area (Å²) in [5, 5.41) is 7.83. The minimum absolute atomic E-state index is 0.0400. The molecule has 1 aromatic heterocycles. The minimum Gasteiger partial charge on any atom is -0.324 e. The lowest BCUT2D eigenvalue weighted by molar-refractivity contribution is -0.126. The number of fused-ring (bicyclic) bond motifs is 1. The van der Waals surface area contributed by atoms with Crippen molar-refractivity contribution >= 4 is 34.1 Å². The molecule has 0 spiro atoms. The number of hydrogen-bond donors (Lipinski definition) is 2. The van der Waals surface area contributed by atoms with Crippen molar-refractivity contribution in [3.05, 3.63) is 35.5 Å². The molecule has 2 N–H and O–H groups in total. The number of piperidine rings is 1. The molecule has 0 unspecified atom stereocenters. The molecule has 1 aromatic carbocycles. The number of rotatable bonds is 2. The average Bonchev–Trinajstić information content (AvgIpc) is 2.47. The number of nitrogens with zero attached hydrogens (tertiary/aromatic N) is 1. The Kier molecular flexibility index (Phi) is 3.83. The number of halogens is 1. The third-order valence-corrected chi connectivity index (χ3v) is 4.39. The number of pyridine rings is 1. The monoisotopic (exact) mass is 303 g/mol. The first kappa shape index (κ1) is 14.3. The molecule has 3 rings (SSSR count). The molecule has 5 heteroatoms. The maximum atomic E-state index is 12.6. The predicted molar refractivity (Wildman–Crippen MR) is 85.6 cm³/mol. The van der Waals surface area contributed by atoms with Crippen LogP contribution >= 0.6 is 11.6 Å². The van der Waals surface area contributed by atoms with Crippen LogP contribution in [0.3, 0.4) is 0 Å². The maximum Gasteiger partial charge on any atom is 0.230 e. The highest BCUT2D eigenvalue weighted by molar-refractivity contribution is 6.32. The molecule has 110 valence electrons. The summed E-state index contributed by atoms with van der Waals surface area (Å²) < 4.78 is 0. The Labute approximate surface area is 128 Å². The van der Waals surface area contributed by atoms with E-state index >= 15 is 0 Å². The zero-order valence-electron chi connectivity index (χ0n) is 11.9. The van der Waals surface area contributed by atoms with Gasteiger partial charge in [-0.15, -0.1) is 0 Å². The van der Waals surface area contributed by atoms with Crippen molar-refractivity contribution in [2.45, 2.75) is 19.8 Å². The molecule has 0 aliphatic carbocycles. The number of benzene rings is 1.